The van der Waals surface area contributed by atoms with E-state index in [2.05, 4.69) is 4.98 Å². The summed E-state index contributed by atoms with van der Waals surface area (Å²) < 4.78 is 5.02. The number of carboxylic acids is 1. The first-order valence-corrected chi connectivity index (χ1v) is 5.67. The van der Waals surface area contributed by atoms with E-state index in [4.69, 9.17) is 4.42 Å². The average molecular weight is 245 g/mol. The molecule has 0 aliphatic carbocycles. The Kier molecular flexibility index (Phi) is 2.95. The lowest BCUT2D eigenvalue weighted by Gasteiger charge is -2.20. The smallest absolute Gasteiger partial charge is 0.337 e. The summed E-state index contributed by atoms with van der Waals surface area (Å²) >= 11 is 0. The number of carboxylic acid groups (broad SMARTS) is 1. The van der Waals surface area contributed by atoms with Crippen LogP contribution in [0.25, 0.3) is 11.3 Å². The normalized spacial score (nSPS) is 11.5. The average Bonchev–Trinajstić information content (AvgIpc) is 2.80. The van der Waals surface area contributed by atoms with Gasteiger partial charge in [-0.25, -0.2) is 4.79 Å². The lowest BCUT2D eigenvalue weighted by molar-refractivity contribution is 0.0693. The molecule has 0 saturated carbocycles. The molecule has 0 saturated heterocycles. The van der Waals surface area contributed by atoms with Gasteiger partial charge in [0.15, 0.2) is 0 Å². The van der Waals surface area contributed by atoms with Gasteiger partial charge in [0.1, 0.15) is 0 Å². The molecule has 94 valence electrons. The molecule has 4 nitrogen and oxygen atoms in total. The van der Waals surface area contributed by atoms with E-state index in [9.17, 15) is 9.90 Å². The zero-order valence-corrected chi connectivity index (χ0v) is 10.6. The molecule has 0 fully saturated rings. The number of aromatic nitrogens is 1. The Morgan fingerprint density at radius 1 is 1.28 bits per heavy atom. The van der Waals surface area contributed by atoms with Gasteiger partial charge in [0.05, 0.1) is 29.5 Å². The number of pyridine rings is 1. The van der Waals surface area contributed by atoms with Gasteiger partial charge in [-0.1, -0.05) is 20.8 Å². The number of hydrogen-bond donors (Lipinski definition) is 1. The van der Waals surface area contributed by atoms with Crippen LogP contribution in [0.3, 0.4) is 0 Å². The molecule has 0 aliphatic heterocycles. The molecule has 0 aromatic carbocycles. The second kappa shape index (κ2) is 4.29. The zero-order valence-electron chi connectivity index (χ0n) is 10.6. The van der Waals surface area contributed by atoms with Crippen molar-refractivity contribution in [2.24, 2.45) is 0 Å². The second-order valence-corrected chi connectivity index (χ2v) is 5.16. The van der Waals surface area contributed by atoms with Crippen molar-refractivity contribution in [1.82, 2.24) is 4.98 Å². The predicted molar refractivity (Wildman–Crippen MR) is 67.6 cm³/mol. The van der Waals surface area contributed by atoms with Crippen molar-refractivity contribution >= 4 is 5.97 Å². The fourth-order valence-electron chi connectivity index (χ4n) is 1.77. The van der Waals surface area contributed by atoms with E-state index in [-0.39, 0.29) is 11.0 Å². The first-order valence-electron chi connectivity index (χ1n) is 5.67. The number of hydrogen-bond acceptors (Lipinski definition) is 3. The van der Waals surface area contributed by atoms with Gasteiger partial charge in [0.25, 0.3) is 0 Å². The van der Waals surface area contributed by atoms with Crippen LogP contribution in [-0.4, -0.2) is 16.1 Å². The molecule has 0 bridgehead atoms. The summed E-state index contributed by atoms with van der Waals surface area (Å²) in [7, 11) is 0. The molecular weight excluding hydrogens is 230 g/mol. The molecule has 0 unspecified atom stereocenters. The van der Waals surface area contributed by atoms with Gasteiger partial charge in [-0.05, 0) is 18.2 Å². The third-order valence-corrected chi connectivity index (χ3v) is 2.65. The lowest BCUT2D eigenvalue weighted by atomic mass is 9.88. The minimum absolute atomic E-state index is 0.245. The lowest BCUT2D eigenvalue weighted by Crippen LogP contribution is -2.19. The standard InChI is InChI=1S/C14H15NO3/c1-14(2,3)12-10(13(16)17)4-5-11(15-12)9-6-7-18-8-9/h4-8H,1-3H3,(H,16,17). The van der Waals surface area contributed by atoms with Gasteiger partial charge in [-0.3, -0.25) is 4.98 Å². The molecular formula is C14H15NO3. The molecule has 0 atom stereocenters. The van der Waals surface area contributed by atoms with Crippen LogP contribution in [0.1, 0.15) is 36.8 Å². The minimum atomic E-state index is -0.953. The molecule has 4 heteroatoms. The molecule has 2 aromatic rings. The van der Waals surface area contributed by atoms with Crippen LogP contribution in [-0.2, 0) is 5.41 Å². The Bertz CT molecular complexity index is 565. The van der Waals surface area contributed by atoms with E-state index in [0.29, 0.717) is 5.69 Å². The third-order valence-electron chi connectivity index (χ3n) is 2.65. The van der Waals surface area contributed by atoms with Gasteiger partial charge in [0.2, 0.25) is 0 Å². The predicted octanol–water partition coefficient (Wildman–Crippen LogP) is 3.34. The first-order chi connectivity index (χ1) is 8.39. The van der Waals surface area contributed by atoms with Crippen LogP contribution in [0, 0.1) is 0 Å². The maximum absolute atomic E-state index is 11.2. The summed E-state index contributed by atoms with van der Waals surface area (Å²) in [4.78, 5) is 15.7. The number of rotatable bonds is 2. The van der Waals surface area contributed by atoms with Crippen molar-refractivity contribution < 1.29 is 14.3 Å². The highest BCUT2D eigenvalue weighted by Gasteiger charge is 2.24. The summed E-state index contributed by atoms with van der Waals surface area (Å²) in [6.07, 6.45) is 3.16. The van der Waals surface area contributed by atoms with Crippen LogP contribution >= 0.6 is 0 Å². The number of carbonyl (C=O) groups is 1. The van der Waals surface area contributed by atoms with E-state index < -0.39 is 5.97 Å². The monoisotopic (exact) mass is 245 g/mol. The molecule has 0 aliphatic rings. The van der Waals surface area contributed by atoms with E-state index in [0.717, 1.165) is 11.3 Å². The summed E-state index contributed by atoms with van der Waals surface area (Å²) in [6.45, 7) is 5.84. The molecule has 2 heterocycles. The Hall–Kier alpha value is -2.10. The number of nitrogens with zero attached hydrogens (tertiary/aromatic N) is 1. The molecule has 1 N–H and O–H groups in total. The Labute approximate surface area is 105 Å². The van der Waals surface area contributed by atoms with E-state index in [1.165, 1.54) is 0 Å². The Morgan fingerprint density at radius 3 is 2.50 bits per heavy atom. The minimum Gasteiger partial charge on any atom is -0.478 e. The summed E-state index contributed by atoms with van der Waals surface area (Å²) in [6, 6.07) is 5.09. The number of aromatic carboxylic acids is 1. The van der Waals surface area contributed by atoms with Crippen LogP contribution in [0.2, 0.25) is 0 Å². The quantitative estimate of drug-likeness (QED) is 0.881. The summed E-state index contributed by atoms with van der Waals surface area (Å²) in [5.41, 5.74) is 2.06. The van der Waals surface area contributed by atoms with E-state index >= 15 is 0 Å². The highest BCUT2D eigenvalue weighted by Crippen LogP contribution is 2.27. The maximum atomic E-state index is 11.2. The molecule has 18 heavy (non-hydrogen) atoms. The van der Waals surface area contributed by atoms with Gasteiger partial charge >= 0.3 is 5.97 Å². The van der Waals surface area contributed by atoms with Gasteiger partial charge < -0.3 is 9.52 Å². The van der Waals surface area contributed by atoms with Crippen molar-refractivity contribution in [3.63, 3.8) is 0 Å². The fourth-order valence-corrected chi connectivity index (χ4v) is 1.77. The number of furan rings is 1. The highest BCUT2D eigenvalue weighted by atomic mass is 16.4. The Balaban J connectivity index is 2.60. The van der Waals surface area contributed by atoms with Crippen molar-refractivity contribution in [1.29, 1.82) is 0 Å². The van der Waals surface area contributed by atoms with Crippen LogP contribution in [0.15, 0.2) is 35.1 Å². The molecule has 0 radical (unpaired) electrons. The van der Waals surface area contributed by atoms with Crippen LogP contribution in [0.4, 0.5) is 0 Å². The molecule has 2 aromatic heterocycles. The largest absolute Gasteiger partial charge is 0.478 e. The van der Waals surface area contributed by atoms with Crippen molar-refractivity contribution in [3.05, 3.63) is 42.0 Å². The van der Waals surface area contributed by atoms with Gasteiger partial charge in [0, 0.05) is 11.0 Å². The molecule has 2 rings (SSSR count). The molecule has 0 spiro atoms. The maximum Gasteiger partial charge on any atom is 0.337 e. The van der Waals surface area contributed by atoms with Gasteiger partial charge in [-0.2, -0.15) is 0 Å². The highest BCUT2D eigenvalue weighted by molar-refractivity contribution is 5.89. The fraction of sp³-hybridized carbons (Fsp3) is 0.286. The van der Waals surface area contributed by atoms with Crippen molar-refractivity contribution in [3.8, 4) is 11.3 Å². The van der Waals surface area contributed by atoms with Crippen molar-refractivity contribution in [2.45, 2.75) is 26.2 Å². The molecule has 0 amide bonds. The SMILES string of the molecule is CC(C)(C)c1nc(-c2ccoc2)ccc1C(=O)O. The van der Waals surface area contributed by atoms with Crippen molar-refractivity contribution in [2.75, 3.05) is 0 Å². The Morgan fingerprint density at radius 2 is 2.00 bits per heavy atom. The zero-order chi connectivity index (χ0) is 13.3. The summed E-state index contributed by atoms with van der Waals surface area (Å²) in [5, 5.41) is 9.19. The third kappa shape index (κ3) is 2.27. The van der Waals surface area contributed by atoms with Crippen LogP contribution < -0.4 is 0 Å². The first kappa shape index (κ1) is 12.4. The summed E-state index contributed by atoms with van der Waals surface area (Å²) in [5.74, 6) is -0.953. The topological polar surface area (TPSA) is 63.3 Å². The van der Waals surface area contributed by atoms with E-state index in [1.807, 2.05) is 20.8 Å². The van der Waals surface area contributed by atoms with Gasteiger partial charge in [-0.15, -0.1) is 0 Å². The van der Waals surface area contributed by atoms with E-state index in [1.54, 1.807) is 30.7 Å². The second-order valence-electron chi connectivity index (χ2n) is 5.16. The van der Waals surface area contributed by atoms with Crippen LogP contribution in [0.5, 0.6) is 0 Å².